The molecular formula is C22H23N5OS. The number of likely N-dealkylation sites (tertiary alicyclic amines) is 1. The van der Waals surface area contributed by atoms with E-state index in [1.807, 2.05) is 35.2 Å². The number of nitrogens with zero attached hydrogens (tertiary/aromatic N) is 4. The second-order valence-electron chi connectivity index (χ2n) is 7.55. The second kappa shape index (κ2) is 8.98. The minimum atomic E-state index is 0.0308. The molecule has 1 amide bonds. The van der Waals surface area contributed by atoms with Crippen molar-refractivity contribution >= 4 is 23.5 Å². The topological polar surface area (TPSA) is 107 Å². The Hall–Kier alpha value is -3.03. The molecule has 29 heavy (non-hydrogen) atoms. The van der Waals surface area contributed by atoms with Crippen molar-refractivity contribution in [2.45, 2.75) is 25.3 Å². The summed E-state index contributed by atoms with van der Waals surface area (Å²) in [5, 5.41) is 19.8. The maximum Gasteiger partial charge on any atom is 0.233 e. The molecule has 0 unspecified atom stereocenters. The number of carbonyl (C=O) groups is 1. The molecule has 2 aromatic rings. The van der Waals surface area contributed by atoms with Crippen LogP contribution in [0.15, 0.2) is 35.4 Å². The number of rotatable bonds is 4. The Morgan fingerprint density at radius 3 is 2.38 bits per heavy atom. The average Bonchev–Trinajstić information content (AvgIpc) is 2.71. The maximum atomic E-state index is 12.7. The predicted molar refractivity (Wildman–Crippen MR) is 114 cm³/mol. The lowest BCUT2D eigenvalue weighted by Crippen LogP contribution is -2.43. The molecule has 1 saturated heterocycles. The highest BCUT2D eigenvalue weighted by molar-refractivity contribution is 8.00. The van der Waals surface area contributed by atoms with Crippen molar-refractivity contribution in [3.05, 3.63) is 41.5 Å². The monoisotopic (exact) mass is 405 g/mol. The average molecular weight is 406 g/mol. The van der Waals surface area contributed by atoms with E-state index < -0.39 is 0 Å². The predicted octanol–water partition coefficient (Wildman–Crippen LogP) is 3.67. The Morgan fingerprint density at radius 2 is 1.79 bits per heavy atom. The van der Waals surface area contributed by atoms with E-state index in [-0.39, 0.29) is 28.6 Å². The van der Waals surface area contributed by atoms with E-state index in [0.717, 1.165) is 25.1 Å². The largest absolute Gasteiger partial charge is 0.383 e. The molecule has 1 aliphatic rings. The van der Waals surface area contributed by atoms with Gasteiger partial charge in [0.25, 0.3) is 0 Å². The molecule has 0 aliphatic carbocycles. The molecule has 0 radical (unpaired) electrons. The zero-order valence-electron chi connectivity index (χ0n) is 16.6. The van der Waals surface area contributed by atoms with E-state index in [1.165, 1.54) is 11.8 Å². The quantitative estimate of drug-likeness (QED) is 0.778. The fourth-order valence-corrected chi connectivity index (χ4v) is 4.78. The van der Waals surface area contributed by atoms with Gasteiger partial charge in [-0.2, -0.15) is 10.5 Å². The summed E-state index contributed by atoms with van der Waals surface area (Å²) in [7, 11) is 0. The number of hydrogen-bond acceptors (Lipinski definition) is 6. The first-order valence-corrected chi connectivity index (χ1v) is 10.5. The highest BCUT2D eigenvalue weighted by atomic mass is 32.2. The number of nitriles is 2. The number of pyridine rings is 1. The number of aromatic nitrogens is 1. The highest BCUT2D eigenvalue weighted by Crippen LogP contribution is 2.35. The van der Waals surface area contributed by atoms with Gasteiger partial charge in [0.1, 0.15) is 28.5 Å². The van der Waals surface area contributed by atoms with Gasteiger partial charge in [0, 0.05) is 18.7 Å². The Kier molecular flexibility index (Phi) is 6.41. The second-order valence-corrected chi connectivity index (χ2v) is 8.51. The molecule has 0 spiro atoms. The van der Waals surface area contributed by atoms with Crippen LogP contribution in [0.4, 0.5) is 5.82 Å². The van der Waals surface area contributed by atoms with Gasteiger partial charge in [-0.05, 0) is 23.8 Å². The molecule has 1 fully saturated rings. The first kappa shape index (κ1) is 20.7. The van der Waals surface area contributed by atoms with Crippen molar-refractivity contribution in [3.63, 3.8) is 0 Å². The fraction of sp³-hybridized carbons (Fsp3) is 0.364. The van der Waals surface area contributed by atoms with Crippen molar-refractivity contribution < 1.29 is 4.79 Å². The standard InChI is InChI=1S/C22H23N5OS/c1-14-8-15(2)12-27(11-14)19(28)13-29-22-18(10-24)20(16-6-4-3-5-7-16)17(9-23)21(25)26-22/h3-7,14-15H,8,11-13H2,1-2H3,(H2,25,26)/t14-,15-/m1/s1. The van der Waals surface area contributed by atoms with Crippen molar-refractivity contribution in [1.82, 2.24) is 9.88 Å². The fourth-order valence-electron chi connectivity index (χ4n) is 3.88. The Bertz CT molecular complexity index is 983. The lowest BCUT2D eigenvalue weighted by molar-refractivity contribution is -0.130. The van der Waals surface area contributed by atoms with E-state index in [0.29, 0.717) is 22.4 Å². The lowest BCUT2D eigenvalue weighted by Gasteiger charge is -2.35. The maximum absolute atomic E-state index is 12.7. The van der Waals surface area contributed by atoms with Crippen LogP contribution in [0, 0.1) is 34.5 Å². The minimum absolute atomic E-state index is 0.0308. The van der Waals surface area contributed by atoms with Crippen LogP contribution in [0.5, 0.6) is 0 Å². The number of anilines is 1. The summed E-state index contributed by atoms with van der Waals surface area (Å²) in [5.74, 6) is 1.25. The SMILES string of the molecule is C[C@@H]1C[C@@H](C)CN(C(=O)CSc2nc(N)c(C#N)c(-c3ccccc3)c2C#N)C1. The van der Waals surface area contributed by atoms with Crippen LogP contribution in [0.2, 0.25) is 0 Å². The van der Waals surface area contributed by atoms with Crippen LogP contribution >= 0.6 is 11.8 Å². The summed E-state index contributed by atoms with van der Waals surface area (Å²) < 4.78 is 0. The van der Waals surface area contributed by atoms with Crippen LogP contribution in [0.3, 0.4) is 0 Å². The number of benzene rings is 1. The summed E-state index contributed by atoms with van der Waals surface area (Å²) in [5.41, 5.74) is 7.68. The molecule has 7 heteroatoms. The summed E-state index contributed by atoms with van der Waals surface area (Å²) in [6.45, 7) is 5.83. The third-order valence-corrected chi connectivity index (χ3v) is 5.99. The number of hydrogen-bond donors (Lipinski definition) is 1. The molecule has 1 aromatic heterocycles. The van der Waals surface area contributed by atoms with Crippen molar-refractivity contribution in [3.8, 4) is 23.3 Å². The van der Waals surface area contributed by atoms with Crippen LogP contribution in [-0.2, 0) is 4.79 Å². The van der Waals surface area contributed by atoms with E-state index in [4.69, 9.17) is 5.73 Å². The molecule has 1 aromatic carbocycles. The molecule has 148 valence electrons. The summed E-state index contributed by atoms with van der Waals surface area (Å²) in [4.78, 5) is 18.9. The van der Waals surface area contributed by atoms with Crippen LogP contribution in [-0.4, -0.2) is 34.6 Å². The molecule has 2 heterocycles. The number of amides is 1. The molecule has 0 bridgehead atoms. The summed E-state index contributed by atoms with van der Waals surface area (Å²) in [6, 6.07) is 13.4. The summed E-state index contributed by atoms with van der Waals surface area (Å²) >= 11 is 1.20. The Balaban J connectivity index is 1.90. The van der Waals surface area contributed by atoms with Gasteiger partial charge < -0.3 is 10.6 Å². The van der Waals surface area contributed by atoms with Gasteiger partial charge in [-0.25, -0.2) is 4.98 Å². The van der Waals surface area contributed by atoms with E-state index >= 15 is 0 Å². The zero-order valence-corrected chi connectivity index (χ0v) is 17.4. The normalized spacial score (nSPS) is 18.7. The van der Waals surface area contributed by atoms with E-state index in [9.17, 15) is 15.3 Å². The van der Waals surface area contributed by atoms with Gasteiger partial charge in [-0.3, -0.25) is 4.79 Å². The van der Waals surface area contributed by atoms with Gasteiger partial charge in [-0.1, -0.05) is 55.9 Å². The lowest BCUT2D eigenvalue weighted by atomic mass is 9.92. The molecule has 2 atom stereocenters. The molecule has 3 rings (SSSR count). The summed E-state index contributed by atoms with van der Waals surface area (Å²) in [6.07, 6.45) is 1.13. The van der Waals surface area contributed by atoms with Crippen molar-refractivity contribution in [1.29, 1.82) is 10.5 Å². The van der Waals surface area contributed by atoms with Gasteiger partial charge in [0.05, 0.1) is 11.3 Å². The van der Waals surface area contributed by atoms with Crippen LogP contribution < -0.4 is 5.73 Å². The van der Waals surface area contributed by atoms with Gasteiger partial charge in [0.2, 0.25) is 5.91 Å². The molecule has 6 nitrogen and oxygen atoms in total. The molecule has 0 saturated carbocycles. The third kappa shape index (κ3) is 4.52. The third-order valence-electron chi connectivity index (χ3n) is 5.03. The van der Waals surface area contributed by atoms with Gasteiger partial charge in [0.15, 0.2) is 0 Å². The van der Waals surface area contributed by atoms with E-state index in [1.54, 1.807) is 0 Å². The van der Waals surface area contributed by atoms with Crippen molar-refractivity contribution in [2.75, 3.05) is 24.6 Å². The molecular weight excluding hydrogens is 382 g/mol. The Morgan fingerprint density at radius 1 is 1.17 bits per heavy atom. The smallest absolute Gasteiger partial charge is 0.233 e. The first-order valence-electron chi connectivity index (χ1n) is 9.54. The number of thioether (sulfide) groups is 1. The number of nitrogen functional groups attached to an aromatic ring is 1. The minimum Gasteiger partial charge on any atom is -0.383 e. The van der Waals surface area contributed by atoms with Crippen LogP contribution in [0.25, 0.3) is 11.1 Å². The van der Waals surface area contributed by atoms with Crippen LogP contribution in [0.1, 0.15) is 31.4 Å². The first-order chi connectivity index (χ1) is 13.9. The number of nitrogens with two attached hydrogens (primary N) is 1. The zero-order chi connectivity index (χ0) is 21.0. The van der Waals surface area contributed by atoms with Gasteiger partial charge >= 0.3 is 0 Å². The van der Waals surface area contributed by atoms with Gasteiger partial charge in [-0.15, -0.1) is 0 Å². The van der Waals surface area contributed by atoms with E-state index in [2.05, 4.69) is 31.0 Å². The number of piperidine rings is 1. The molecule has 2 N–H and O–H groups in total. The molecule has 1 aliphatic heterocycles. The highest BCUT2D eigenvalue weighted by Gasteiger charge is 2.26. The Labute approximate surface area is 175 Å². The number of carbonyl (C=O) groups excluding carboxylic acids is 1. The van der Waals surface area contributed by atoms with Crippen molar-refractivity contribution in [2.24, 2.45) is 11.8 Å².